The molecule has 1 aromatic rings. The van der Waals surface area contributed by atoms with Crippen molar-refractivity contribution in [2.75, 3.05) is 5.33 Å². The van der Waals surface area contributed by atoms with Crippen molar-refractivity contribution in [1.29, 1.82) is 0 Å². The number of benzene rings is 1. The second kappa shape index (κ2) is 5.30. The Balaban J connectivity index is 2.86. The van der Waals surface area contributed by atoms with Crippen LogP contribution in [0.4, 0.5) is 0 Å². The van der Waals surface area contributed by atoms with Crippen molar-refractivity contribution in [1.82, 2.24) is 0 Å². The average Bonchev–Trinajstić information content (AvgIpc) is 2.16. The first-order valence-electron chi connectivity index (χ1n) is 4.82. The lowest BCUT2D eigenvalue weighted by atomic mass is 10.0. The molecule has 0 aliphatic heterocycles. The molecular weight excluding hydrogens is 240 g/mol. The van der Waals surface area contributed by atoms with Gasteiger partial charge >= 0.3 is 0 Å². The van der Waals surface area contributed by atoms with Crippen LogP contribution in [0.3, 0.4) is 0 Å². The zero-order valence-electron chi connectivity index (χ0n) is 8.64. The monoisotopic (exact) mass is 254 g/mol. The van der Waals surface area contributed by atoms with E-state index in [4.69, 9.17) is 0 Å². The summed E-state index contributed by atoms with van der Waals surface area (Å²) in [7, 11) is 0. The molecule has 1 aromatic carbocycles. The molecule has 0 bridgehead atoms. The minimum atomic E-state index is 0.234. The zero-order valence-corrected chi connectivity index (χ0v) is 10.2. The standard InChI is InChI=1S/C12H15BrO/c1-3-10-4-9(2)5-11(6-10)7-12(14)8-13/h4-6H,3,7-8H2,1-2H3. The number of alkyl halides is 1. The number of ketones is 1. The average molecular weight is 255 g/mol. The first-order valence-corrected chi connectivity index (χ1v) is 5.95. The van der Waals surface area contributed by atoms with Gasteiger partial charge in [0.25, 0.3) is 0 Å². The maximum Gasteiger partial charge on any atom is 0.147 e. The third-order valence-electron chi connectivity index (χ3n) is 2.16. The molecule has 14 heavy (non-hydrogen) atoms. The topological polar surface area (TPSA) is 17.1 Å². The number of carbonyl (C=O) groups is 1. The van der Waals surface area contributed by atoms with Gasteiger partial charge in [-0.1, -0.05) is 46.6 Å². The third kappa shape index (κ3) is 3.26. The van der Waals surface area contributed by atoms with Gasteiger partial charge in [-0.25, -0.2) is 0 Å². The molecule has 0 radical (unpaired) electrons. The van der Waals surface area contributed by atoms with Crippen LogP contribution in [0.15, 0.2) is 18.2 Å². The van der Waals surface area contributed by atoms with Gasteiger partial charge < -0.3 is 0 Å². The fourth-order valence-corrected chi connectivity index (χ4v) is 1.73. The summed E-state index contributed by atoms with van der Waals surface area (Å²) < 4.78 is 0. The summed E-state index contributed by atoms with van der Waals surface area (Å²) in [6.07, 6.45) is 1.57. The van der Waals surface area contributed by atoms with Crippen molar-refractivity contribution < 1.29 is 4.79 Å². The van der Waals surface area contributed by atoms with Crippen LogP contribution >= 0.6 is 15.9 Å². The molecule has 0 aromatic heterocycles. The zero-order chi connectivity index (χ0) is 10.6. The summed E-state index contributed by atoms with van der Waals surface area (Å²) >= 11 is 3.18. The van der Waals surface area contributed by atoms with Gasteiger partial charge in [-0.3, -0.25) is 4.79 Å². The van der Waals surface area contributed by atoms with E-state index >= 15 is 0 Å². The molecule has 0 saturated heterocycles. The molecule has 0 N–H and O–H groups in total. The number of halogens is 1. The van der Waals surface area contributed by atoms with E-state index in [1.807, 2.05) is 0 Å². The van der Waals surface area contributed by atoms with Gasteiger partial charge in [0, 0.05) is 6.42 Å². The first-order chi connectivity index (χ1) is 6.65. The Morgan fingerprint density at radius 3 is 2.50 bits per heavy atom. The molecule has 0 atom stereocenters. The molecular formula is C12H15BrO. The van der Waals surface area contributed by atoms with Gasteiger partial charge in [0.15, 0.2) is 0 Å². The van der Waals surface area contributed by atoms with Crippen molar-refractivity contribution in [2.24, 2.45) is 0 Å². The van der Waals surface area contributed by atoms with Crippen LogP contribution in [0.25, 0.3) is 0 Å². The molecule has 0 aliphatic carbocycles. The largest absolute Gasteiger partial charge is 0.298 e. The van der Waals surface area contributed by atoms with Crippen LogP contribution < -0.4 is 0 Å². The Hall–Kier alpha value is -0.630. The van der Waals surface area contributed by atoms with Crippen LogP contribution in [-0.2, 0) is 17.6 Å². The molecule has 0 fully saturated rings. The fourth-order valence-electron chi connectivity index (χ4n) is 1.53. The Bertz CT molecular complexity index is 331. The summed E-state index contributed by atoms with van der Waals surface area (Å²) in [4.78, 5) is 11.2. The SMILES string of the molecule is CCc1cc(C)cc(CC(=O)CBr)c1. The van der Waals surface area contributed by atoms with Crippen molar-refractivity contribution >= 4 is 21.7 Å². The highest BCUT2D eigenvalue weighted by Crippen LogP contribution is 2.11. The van der Waals surface area contributed by atoms with E-state index in [0.717, 1.165) is 12.0 Å². The molecule has 0 unspecified atom stereocenters. The predicted molar refractivity (Wildman–Crippen MR) is 63.1 cm³/mol. The first kappa shape index (κ1) is 11.4. The Labute approximate surface area is 93.7 Å². The van der Waals surface area contributed by atoms with Crippen LogP contribution in [0, 0.1) is 6.92 Å². The van der Waals surface area contributed by atoms with Gasteiger partial charge in [0.05, 0.1) is 5.33 Å². The fraction of sp³-hybridized carbons (Fsp3) is 0.417. The Morgan fingerprint density at radius 1 is 1.29 bits per heavy atom. The molecule has 1 nitrogen and oxygen atoms in total. The lowest BCUT2D eigenvalue weighted by molar-refractivity contribution is -0.115. The van der Waals surface area contributed by atoms with Crippen LogP contribution in [0.1, 0.15) is 23.6 Å². The second-order valence-corrected chi connectivity index (χ2v) is 4.09. The highest BCUT2D eigenvalue weighted by Gasteiger charge is 2.03. The second-order valence-electron chi connectivity index (χ2n) is 3.53. The number of hydrogen-bond donors (Lipinski definition) is 0. The van der Waals surface area contributed by atoms with E-state index in [2.05, 4.69) is 48.0 Å². The Morgan fingerprint density at radius 2 is 1.93 bits per heavy atom. The van der Waals surface area contributed by atoms with E-state index in [1.54, 1.807) is 0 Å². The van der Waals surface area contributed by atoms with Gasteiger partial charge in [-0.2, -0.15) is 0 Å². The summed E-state index contributed by atoms with van der Waals surface area (Å²) in [5.74, 6) is 0.234. The number of Topliss-reactive ketones (excluding diaryl/α,β-unsaturated/α-hetero) is 1. The molecule has 0 heterocycles. The molecule has 0 amide bonds. The summed E-state index contributed by atoms with van der Waals surface area (Å²) in [5.41, 5.74) is 3.68. The normalized spacial score (nSPS) is 10.2. The highest BCUT2D eigenvalue weighted by atomic mass is 79.9. The van der Waals surface area contributed by atoms with Crippen LogP contribution in [0.2, 0.25) is 0 Å². The van der Waals surface area contributed by atoms with Crippen molar-refractivity contribution in [3.63, 3.8) is 0 Å². The van der Waals surface area contributed by atoms with Crippen molar-refractivity contribution in [3.8, 4) is 0 Å². The Kier molecular flexibility index (Phi) is 4.33. The molecule has 1 rings (SSSR count). The number of aryl methyl sites for hydroxylation is 2. The van der Waals surface area contributed by atoms with E-state index in [9.17, 15) is 4.79 Å². The number of carbonyl (C=O) groups excluding carboxylic acids is 1. The lowest BCUT2D eigenvalue weighted by Crippen LogP contribution is -2.04. The smallest absolute Gasteiger partial charge is 0.147 e. The maximum absolute atomic E-state index is 11.2. The van der Waals surface area contributed by atoms with E-state index in [1.165, 1.54) is 11.1 Å². The highest BCUT2D eigenvalue weighted by molar-refractivity contribution is 9.09. The molecule has 0 aliphatic rings. The van der Waals surface area contributed by atoms with Crippen molar-refractivity contribution in [2.45, 2.75) is 26.7 Å². The molecule has 76 valence electrons. The number of rotatable bonds is 4. The van der Waals surface area contributed by atoms with E-state index in [-0.39, 0.29) is 5.78 Å². The lowest BCUT2D eigenvalue weighted by Gasteiger charge is -2.04. The minimum Gasteiger partial charge on any atom is -0.298 e. The summed E-state index contributed by atoms with van der Waals surface area (Å²) in [5, 5.41) is 0.447. The quantitative estimate of drug-likeness (QED) is 0.756. The minimum absolute atomic E-state index is 0.234. The molecule has 0 saturated carbocycles. The van der Waals surface area contributed by atoms with E-state index < -0.39 is 0 Å². The molecule has 2 heteroatoms. The van der Waals surface area contributed by atoms with Gasteiger partial charge in [-0.15, -0.1) is 0 Å². The summed E-state index contributed by atoms with van der Waals surface area (Å²) in [6, 6.07) is 6.37. The van der Waals surface area contributed by atoms with Gasteiger partial charge in [0.1, 0.15) is 5.78 Å². The number of hydrogen-bond acceptors (Lipinski definition) is 1. The maximum atomic E-state index is 11.2. The van der Waals surface area contributed by atoms with Crippen LogP contribution in [0.5, 0.6) is 0 Å². The summed E-state index contributed by atoms with van der Waals surface area (Å²) in [6.45, 7) is 4.20. The van der Waals surface area contributed by atoms with Crippen molar-refractivity contribution in [3.05, 3.63) is 34.9 Å². The van der Waals surface area contributed by atoms with Gasteiger partial charge in [0.2, 0.25) is 0 Å². The third-order valence-corrected chi connectivity index (χ3v) is 2.78. The van der Waals surface area contributed by atoms with Gasteiger partial charge in [-0.05, 0) is 24.5 Å². The molecule has 0 spiro atoms. The van der Waals surface area contributed by atoms with E-state index in [0.29, 0.717) is 11.8 Å². The van der Waals surface area contributed by atoms with Crippen LogP contribution in [-0.4, -0.2) is 11.1 Å². The predicted octanol–water partition coefficient (Wildman–Crippen LogP) is 3.06.